The second-order valence-electron chi connectivity index (χ2n) is 5.52. The predicted molar refractivity (Wildman–Crippen MR) is 79.4 cm³/mol. The second-order valence-corrected chi connectivity index (χ2v) is 5.52. The highest BCUT2D eigenvalue weighted by molar-refractivity contribution is 6.04. The van der Waals surface area contributed by atoms with Crippen molar-refractivity contribution in [3.8, 4) is 0 Å². The minimum Gasteiger partial charge on any atom is -0.453 e. The zero-order valence-electron chi connectivity index (χ0n) is 13.2. The molecule has 0 spiro atoms. The largest absolute Gasteiger partial charge is 0.453 e. The number of methoxy groups -OCH3 is 1. The summed E-state index contributed by atoms with van der Waals surface area (Å²) in [6.45, 7) is 3.51. The highest BCUT2D eigenvalue weighted by atomic mass is 16.5. The Balaban J connectivity index is 1.62. The summed E-state index contributed by atoms with van der Waals surface area (Å²) >= 11 is 0. The van der Waals surface area contributed by atoms with Crippen LogP contribution >= 0.6 is 0 Å². The van der Waals surface area contributed by atoms with Gasteiger partial charge >= 0.3 is 6.09 Å². The van der Waals surface area contributed by atoms with Gasteiger partial charge in [0.1, 0.15) is 6.54 Å². The van der Waals surface area contributed by atoms with Gasteiger partial charge in [-0.3, -0.25) is 24.2 Å². The van der Waals surface area contributed by atoms with Crippen LogP contribution in [0.3, 0.4) is 0 Å². The van der Waals surface area contributed by atoms with Crippen molar-refractivity contribution in [2.45, 2.75) is 12.8 Å². The molecule has 1 N–H and O–H groups in total. The van der Waals surface area contributed by atoms with E-state index in [1.807, 2.05) is 0 Å². The molecule has 128 valence electrons. The van der Waals surface area contributed by atoms with E-state index in [-0.39, 0.29) is 43.2 Å². The number of nitrogens with one attached hydrogen (secondary N) is 1. The van der Waals surface area contributed by atoms with Crippen LogP contribution in [-0.4, -0.2) is 91.4 Å². The van der Waals surface area contributed by atoms with E-state index in [1.54, 1.807) is 4.90 Å². The molecule has 23 heavy (non-hydrogen) atoms. The van der Waals surface area contributed by atoms with E-state index < -0.39 is 0 Å². The summed E-state index contributed by atoms with van der Waals surface area (Å²) < 4.78 is 4.67. The third-order valence-electron chi connectivity index (χ3n) is 4.01. The van der Waals surface area contributed by atoms with E-state index in [1.165, 1.54) is 7.11 Å². The van der Waals surface area contributed by atoms with Gasteiger partial charge in [-0.25, -0.2) is 4.79 Å². The van der Waals surface area contributed by atoms with E-state index >= 15 is 0 Å². The van der Waals surface area contributed by atoms with Crippen molar-refractivity contribution >= 4 is 23.8 Å². The van der Waals surface area contributed by atoms with E-state index in [0.29, 0.717) is 39.3 Å². The Labute approximate surface area is 134 Å². The molecule has 0 bridgehead atoms. The summed E-state index contributed by atoms with van der Waals surface area (Å²) in [6.07, 6.45) is 0.0607. The minimum atomic E-state index is -0.332. The number of imide groups is 1. The standard InChI is InChI=1S/C14H22N4O5/c1-23-14(22)17-8-6-16(7-9-17)5-4-15-11(19)10-18-12(20)2-3-13(18)21/h2-10H2,1H3,(H,15,19). The maximum atomic E-state index is 11.8. The number of piperazine rings is 1. The van der Waals surface area contributed by atoms with Crippen LogP contribution in [0.15, 0.2) is 0 Å². The lowest BCUT2D eigenvalue weighted by molar-refractivity contribution is -0.142. The minimum absolute atomic E-state index is 0.191. The molecule has 2 aliphatic rings. The van der Waals surface area contributed by atoms with Crippen LogP contribution in [-0.2, 0) is 19.1 Å². The number of ether oxygens (including phenoxy) is 1. The van der Waals surface area contributed by atoms with Gasteiger partial charge in [-0.05, 0) is 0 Å². The fourth-order valence-corrected chi connectivity index (χ4v) is 2.64. The Kier molecular flexibility index (Phi) is 5.91. The molecule has 9 nitrogen and oxygen atoms in total. The molecule has 0 aromatic heterocycles. The molecule has 4 amide bonds. The van der Waals surface area contributed by atoms with Gasteiger partial charge in [-0.2, -0.15) is 0 Å². The first kappa shape index (κ1) is 17.2. The molecule has 0 aromatic rings. The molecule has 9 heteroatoms. The van der Waals surface area contributed by atoms with Gasteiger partial charge in [0.2, 0.25) is 17.7 Å². The smallest absolute Gasteiger partial charge is 0.409 e. The maximum absolute atomic E-state index is 11.8. The van der Waals surface area contributed by atoms with E-state index in [9.17, 15) is 19.2 Å². The van der Waals surface area contributed by atoms with Crippen molar-refractivity contribution in [1.82, 2.24) is 20.0 Å². The lowest BCUT2D eigenvalue weighted by Crippen LogP contribution is -2.50. The number of hydrogen-bond acceptors (Lipinski definition) is 6. The fourth-order valence-electron chi connectivity index (χ4n) is 2.64. The van der Waals surface area contributed by atoms with Crippen molar-refractivity contribution in [2.75, 3.05) is 52.9 Å². The van der Waals surface area contributed by atoms with Gasteiger partial charge in [0.25, 0.3) is 0 Å². The molecule has 0 aromatic carbocycles. The number of carbonyl (C=O) groups is 4. The molecule has 0 atom stereocenters. The monoisotopic (exact) mass is 326 g/mol. The molecule has 2 heterocycles. The lowest BCUT2D eigenvalue weighted by Gasteiger charge is -2.33. The van der Waals surface area contributed by atoms with Crippen LogP contribution < -0.4 is 5.32 Å². The Morgan fingerprint density at radius 2 is 1.70 bits per heavy atom. The van der Waals surface area contributed by atoms with Crippen LogP contribution in [0.5, 0.6) is 0 Å². The zero-order chi connectivity index (χ0) is 16.8. The van der Waals surface area contributed by atoms with Gasteiger partial charge in [0.15, 0.2) is 0 Å². The Bertz CT molecular complexity index is 472. The summed E-state index contributed by atoms with van der Waals surface area (Å²) in [5.41, 5.74) is 0. The van der Waals surface area contributed by atoms with Crippen LogP contribution in [0.25, 0.3) is 0 Å². The summed E-state index contributed by atoms with van der Waals surface area (Å²) in [7, 11) is 1.36. The molecule has 2 rings (SSSR count). The molecule has 2 saturated heterocycles. The van der Waals surface area contributed by atoms with Crippen molar-refractivity contribution in [3.63, 3.8) is 0 Å². The number of hydrogen-bond donors (Lipinski definition) is 1. The molecule has 2 aliphatic heterocycles. The Hall–Kier alpha value is -2.16. The molecular formula is C14H22N4O5. The average molecular weight is 326 g/mol. The fraction of sp³-hybridized carbons (Fsp3) is 0.714. The summed E-state index contributed by atoms with van der Waals surface area (Å²) in [6, 6.07) is 0. The van der Waals surface area contributed by atoms with Crippen LogP contribution in [0, 0.1) is 0 Å². The van der Waals surface area contributed by atoms with E-state index in [2.05, 4.69) is 15.0 Å². The predicted octanol–water partition coefficient (Wildman–Crippen LogP) is -1.36. The third kappa shape index (κ3) is 4.65. The topological polar surface area (TPSA) is 99.3 Å². The van der Waals surface area contributed by atoms with E-state index in [0.717, 1.165) is 4.90 Å². The van der Waals surface area contributed by atoms with Crippen LogP contribution in [0.4, 0.5) is 4.79 Å². The van der Waals surface area contributed by atoms with Crippen LogP contribution in [0.1, 0.15) is 12.8 Å². The van der Waals surface area contributed by atoms with Crippen molar-refractivity contribution in [2.24, 2.45) is 0 Å². The molecule has 2 fully saturated rings. The normalized spacial score (nSPS) is 19.2. The first-order valence-corrected chi connectivity index (χ1v) is 7.66. The number of carbonyl (C=O) groups excluding carboxylic acids is 4. The second kappa shape index (κ2) is 7.91. The number of nitrogens with zero attached hydrogens (tertiary/aromatic N) is 3. The quantitative estimate of drug-likeness (QED) is 0.626. The molecular weight excluding hydrogens is 304 g/mol. The van der Waals surface area contributed by atoms with Crippen molar-refractivity contribution < 1.29 is 23.9 Å². The van der Waals surface area contributed by atoms with Crippen molar-refractivity contribution in [3.05, 3.63) is 0 Å². The first-order valence-electron chi connectivity index (χ1n) is 7.66. The SMILES string of the molecule is COC(=O)N1CCN(CCNC(=O)CN2C(=O)CCC2=O)CC1. The summed E-state index contributed by atoms with van der Waals surface area (Å²) in [5, 5.41) is 2.71. The van der Waals surface area contributed by atoms with Gasteiger partial charge in [0, 0.05) is 52.1 Å². The van der Waals surface area contributed by atoms with Gasteiger partial charge in [-0.15, -0.1) is 0 Å². The highest BCUT2D eigenvalue weighted by Gasteiger charge is 2.30. The first-order chi connectivity index (χ1) is 11.0. The Morgan fingerprint density at radius 3 is 2.26 bits per heavy atom. The van der Waals surface area contributed by atoms with Crippen molar-refractivity contribution in [1.29, 1.82) is 0 Å². The van der Waals surface area contributed by atoms with Crippen LogP contribution in [0.2, 0.25) is 0 Å². The lowest BCUT2D eigenvalue weighted by atomic mass is 10.3. The maximum Gasteiger partial charge on any atom is 0.409 e. The molecule has 0 unspecified atom stereocenters. The average Bonchev–Trinajstić information content (AvgIpc) is 2.86. The van der Waals surface area contributed by atoms with E-state index in [4.69, 9.17) is 0 Å². The van der Waals surface area contributed by atoms with Gasteiger partial charge in [-0.1, -0.05) is 0 Å². The summed E-state index contributed by atoms with van der Waals surface area (Å²) in [4.78, 5) is 50.8. The van der Waals surface area contributed by atoms with Gasteiger partial charge < -0.3 is 15.0 Å². The molecule has 0 radical (unpaired) electrons. The number of amides is 4. The Morgan fingerprint density at radius 1 is 1.09 bits per heavy atom. The third-order valence-corrected chi connectivity index (χ3v) is 4.01. The number of rotatable bonds is 5. The van der Waals surface area contributed by atoms with Gasteiger partial charge in [0.05, 0.1) is 7.11 Å². The highest BCUT2D eigenvalue weighted by Crippen LogP contribution is 2.10. The molecule has 0 aliphatic carbocycles. The molecule has 0 saturated carbocycles. The number of likely N-dealkylation sites (tertiary alicyclic amines) is 1. The summed E-state index contributed by atoms with van der Waals surface area (Å²) in [5.74, 6) is -0.907. The zero-order valence-corrected chi connectivity index (χ0v) is 13.2.